The summed E-state index contributed by atoms with van der Waals surface area (Å²) in [6, 6.07) is 11.8. The third-order valence-corrected chi connectivity index (χ3v) is 8.57. The Labute approximate surface area is 228 Å². The Morgan fingerprint density at radius 2 is 1.84 bits per heavy atom. The van der Waals surface area contributed by atoms with Crippen LogP contribution >= 0.6 is 11.6 Å². The summed E-state index contributed by atoms with van der Waals surface area (Å²) >= 11 is 6.44. The van der Waals surface area contributed by atoms with Crippen LogP contribution in [-0.2, 0) is 17.6 Å². The third kappa shape index (κ3) is 5.43. The second-order valence-electron chi connectivity index (χ2n) is 11.0. The molecular weight excluding hydrogens is 500 g/mol. The van der Waals surface area contributed by atoms with Gasteiger partial charge in [0.1, 0.15) is 17.8 Å². The molecule has 3 aromatic rings. The number of hydrogen-bond acceptors (Lipinski definition) is 6. The molecule has 1 saturated carbocycles. The number of hydrogen-bond donors (Lipinski definition) is 1. The molecule has 8 nitrogen and oxygen atoms in total. The Hall–Kier alpha value is -2.97. The maximum Gasteiger partial charge on any atom is 0.223 e. The van der Waals surface area contributed by atoms with Crippen molar-refractivity contribution < 1.29 is 9.53 Å². The molecular formula is C29H35ClN6O2. The quantitative estimate of drug-likeness (QED) is 0.524. The minimum atomic E-state index is -0.0415. The van der Waals surface area contributed by atoms with Crippen LogP contribution in [0.3, 0.4) is 0 Å². The standard InChI is InChI=1S/C29H35ClN6O2/c1-35-14-11-20(12-15-35)29(37)32-23-17-21-16-22(30)7-10-25(21)36-26(18-23)33-34-28(36)19-5-8-24(9-6-19)38-27-4-2-3-13-31-27/h2-4,7,10,13,16,19-20,23-24H,5-6,8-9,11-12,14-15,17-18H2,1H3,(H,32,37)/t19-,23-,24-/m0/s1. The number of nitrogens with zero attached hydrogens (tertiary/aromatic N) is 5. The van der Waals surface area contributed by atoms with Crippen LogP contribution in [0, 0.1) is 5.92 Å². The van der Waals surface area contributed by atoms with E-state index in [-0.39, 0.29) is 24.0 Å². The van der Waals surface area contributed by atoms with Gasteiger partial charge in [-0.3, -0.25) is 9.36 Å². The third-order valence-electron chi connectivity index (χ3n) is 8.33. The molecule has 1 N–H and O–H groups in total. The lowest BCUT2D eigenvalue weighted by Crippen LogP contribution is -2.44. The molecule has 1 aromatic carbocycles. The maximum absolute atomic E-state index is 13.2. The molecule has 6 rings (SSSR count). The van der Waals surface area contributed by atoms with E-state index >= 15 is 0 Å². The number of ether oxygens (including phenoxy) is 1. The summed E-state index contributed by atoms with van der Waals surface area (Å²) in [5.74, 6) is 3.13. The molecule has 0 unspecified atom stereocenters. The fraction of sp³-hybridized carbons (Fsp3) is 0.517. The zero-order valence-corrected chi connectivity index (χ0v) is 22.6. The summed E-state index contributed by atoms with van der Waals surface area (Å²) < 4.78 is 8.35. The highest BCUT2D eigenvalue weighted by Crippen LogP contribution is 2.37. The molecule has 0 radical (unpaired) electrons. The van der Waals surface area contributed by atoms with Gasteiger partial charge < -0.3 is 15.0 Å². The smallest absolute Gasteiger partial charge is 0.223 e. The van der Waals surface area contributed by atoms with E-state index in [0.717, 1.165) is 80.9 Å². The number of amides is 1. The molecule has 1 amide bonds. The van der Waals surface area contributed by atoms with Crippen LogP contribution in [0.5, 0.6) is 5.88 Å². The van der Waals surface area contributed by atoms with Gasteiger partial charge in [-0.25, -0.2) is 4.98 Å². The Morgan fingerprint density at radius 3 is 2.61 bits per heavy atom. The second-order valence-corrected chi connectivity index (χ2v) is 11.5. The van der Waals surface area contributed by atoms with Gasteiger partial charge in [-0.15, -0.1) is 10.2 Å². The van der Waals surface area contributed by atoms with Crippen molar-refractivity contribution in [1.82, 2.24) is 30.0 Å². The first-order valence-electron chi connectivity index (χ1n) is 13.8. The number of piperidine rings is 1. The van der Waals surface area contributed by atoms with E-state index < -0.39 is 0 Å². The monoisotopic (exact) mass is 534 g/mol. The van der Waals surface area contributed by atoms with Crippen molar-refractivity contribution in [2.75, 3.05) is 20.1 Å². The molecule has 200 valence electrons. The van der Waals surface area contributed by atoms with Crippen molar-refractivity contribution in [1.29, 1.82) is 0 Å². The van der Waals surface area contributed by atoms with Crippen molar-refractivity contribution in [3.63, 3.8) is 0 Å². The Balaban J connectivity index is 1.20. The van der Waals surface area contributed by atoms with Gasteiger partial charge in [-0.05, 0) is 94.9 Å². The average molecular weight is 535 g/mol. The predicted molar refractivity (Wildman–Crippen MR) is 146 cm³/mol. The van der Waals surface area contributed by atoms with Gasteiger partial charge in [0, 0.05) is 41.6 Å². The van der Waals surface area contributed by atoms with E-state index in [2.05, 4.69) is 38.0 Å². The van der Waals surface area contributed by atoms with Gasteiger partial charge in [0.2, 0.25) is 11.8 Å². The van der Waals surface area contributed by atoms with Gasteiger partial charge >= 0.3 is 0 Å². The largest absolute Gasteiger partial charge is 0.474 e. The van der Waals surface area contributed by atoms with Crippen LogP contribution in [-0.4, -0.2) is 62.8 Å². The lowest BCUT2D eigenvalue weighted by molar-refractivity contribution is -0.127. The van der Waals surface area contributed by atoms with E-state index in [0.29, 0.717) is 23.2 Å². The van der Waals surface area contributed by atoms with Crippen LogP contribution in [0.25, 0.3) is 5.69 Å². The lowest BCUT2D eigenvalue weighted by atomic mass is 9.86. The van der Waals surface area contributed by atoms with Gasteiger partial charge in [-0.1, -0.05) is 17.7 Å². The molecule has 2 aromatic heterocycles. The highest BCUT2D eigenvalue weighted by Gasteiger charge is 2.33. The highest BCUT2D eigenvalue weighted by atomic mass is 35.5. The SMILES string of the molecule is CN1CCC(C(=O)N[C@H]2Cc3cc(Cl)ccc3-n3c(nnc3[C@H]3CC[C@H](Oc4ccccn4)CC3)C2)CC1. The minimum Gasteiger partial charge on any atom is -0.474 e. The van der Waals surface area contributed by atoms with Crippen molar-refractivity contribution in [2.24, 2.45) is 5.92 Å². The van der Waals surface area contributed by atoms with Crippen LogP contribution in [0.15, 0.2) is 42.6 Å². The average Bonchev–Trinajstić information content (AvgIpc) is 3.26. The van der Waals surface area contributed by atoms with Crippen molar-refractivity contribution in [2.45, 2.75) is 69.4 Å². The summed E-state index contributed by atoms with van der Waals surface area (Å²) in [4.78, 5) is 19.8. The van der Waals surface area contributed by atoms with E-state index in [1.165, 1.54) is 0 Å². The molecule has 9 heteroatoms. The Bertz CT molecular complexity index is 1270. The van der Waals surface area contributed by atoms with Gasteiger partial charge in [0.05, 0.1) is 5.69 Å². The van der Waals surface area contributed by atoms with Gasteiger partial charge in [0.25, 0.3) is 0 Å². The number of nitrogens with one attached hydrogen (secondary N) is 1. The number of halogens is 1. The maximum atomic E-state index is 13.2. The van der Waals surface area contributed by atoms with Crippen molar-refractivity contribution >= 4 is 17.5 Å². The summed E-state index contributed by atoms with van der Waals surface area (Å²) in [5, 5.41) is 13.4. The zero-order valence-electron chi connectivity index (χ0n) is 21.9. The Morgan fingerprint density at radius 1 is 1.03 bits per heavy atom. The number of pyridine rings is 1. The van der Waals surface area contributed by atoms with E-state index in [4.69, 9.17) is 21.4 Å². The number of carbonyl (C=O) groups excluding carboxylic acids is 1. The first kappa shape index (κ1) is 25.3. The number of carbonyl (C=O) groups is 1. The van der Waals surface area contributed by atoms with E-state index in [9.17, 15) is 4.79 Å². The fourth-order valence-electron chi connectivity index (χ4n) is 6.20. The number of aromatic nitrogens is 4. The first-order chi connectivity index (χ1) is 18.5. The van der Waals surface area contributed by atoms with E-state index in [1.54, 1.807) is 6.20 Å². The highest BCUT2D eigenvalue weighted by molar-refractivity contribution is 6.30. The topological polar surface area (TPSA) is 85.2 Å². The molecule has 2 aliphatic heterocycles. The molecule has 4 heterocycles. The summed E-state index contributed by atoms with van der Waals surface area (Å²) in [5.41, 5.74) is 2.20. The molecule has 3 aliphatic rings. The van der Waals surface area contributed by atoms with E-state index in [1.807, 2.05) is 30.3 Å². The minimum absolute atomic E-state index is 0.0415. The molecule has 0 bridgehead atoms. The van der Waals surface area contributed by atoms with Gasteiger partial charge in [-0.2, -0.15) is 0 Å². The van der Waals surface area contributed by atoms with Crippen molar-refractivity contribution in [3.8, 4) is 11.6 Å². The van der Waals surface area contributed by atoms with Crippen LogP contribution in [0.1, 0.15) is 61.7 Å². The zero-order chi connectivity index (χ0) is 26.1. The molecule has 38 heavy (non-hydrogen) atoms. The molecule has 1 atom stereocenters. The number of rotatable bonds is 5. The fourth-order valence-corrected chi connectivity index (χ4v) is 6.40. The number of benzene rings is 1. The van der Waals surface area contributed by atoms with Crippen LogP contribution in [0.2, 0.25) is 5.02 Å². The predicted octanol–water partition coefficient (Wildman–Crippen LogP) is 4.35. The van der Waals surface area contributed by atoms with Gasteiger partial charge in [0.15, 0.2) is 0 Å². The molecule has 1 saturated heterocycles. The number of likely N-dealkylation sites (tertiary alicyclic amines) is 1. The summed E-state index contributed by atoms with van der Waals surface area (Å²) in [6.07, 6.45) is 8.98. The normalized spacial score (nSPS) is 24.2. The molecule has 1 aliphatic carbocycles. The lowest BCUT2D eigenvalue weighted by Gasteiger charge is -2.29. The Kier molecular flexibility index (Phi) is 7.34. The van der Waals surface area contributed by atoms with Crippen LogP contribution in [0.4, 0.5) is 0 Å². The van der Waals surface area contributed by atoms with Crippen molar-refractivity contribution in [3.05, 3.63) is 64.8 Å². The summed E-state index contributed by atoms with van der Waals surface area (Å²) in [6.45, 7) is 1.93. The number of fused-ring (bicyclic) bond motifs is 3. The molecule has 2 fully saturated rings. The summed E-state index contributed by atoms with van der Waals surface area (Å²) in [7, 11) is 2.12. The van der Waals surface area contributed by atoms with Crippen LogP contribution < -0.4 is 10.1 Å². The second kappa shape index (κ2) is 11.0. The molecule has 0 spiro atoms. The first-order valence-corrected chi connectivity index (χ1v) is 14.2.